The van der Waals surface area contributed by atoms with Crippen molar-refractivity contribution >= 4 is 22.9 Å². The van der Waals surface area contributed by atoms with Crippen LogP contribution in [0, 0.1) is 29.3 Å². The zero-order valence-corrected chi connectivity index (χ0v) is 18.8. The van der Waals surface area contributed by atoms with E-state index in [9.17, 15) is 18.3 Å². The third kappa shape index (κ3) is 5.34. The quantitative estimate of drug-likeness (QED) is 0.519. The van der Waals surface area contributed by atoms with Crippen LogP contribution in [-0.4, -0.2) is 47.0 Å². The van der Waals surface area contributed by atoms with Gasteiger partial charge in [-0.3, -0.25) is 4.79 Å². The van der Waals surface area contributed by atoms with Crippen LogP contribution in [-0.2, 0) is 4.79 Å². The fraction of sp³-hybridized carbons (Fsp3) is 0.333. The van der Waals surface area contributed by atoms with Crippen molar-refractivity contribution in [1.29, 1.82) is 0 Å². The van der Waals surface area contributed by atoms with Crippen molar-refractivity contribution in [3.8, 4) is 17.0 Å². The molecule has 1 saturated carbocycles. The Balaban J connectivity index is 0.000000868. The van der Waals surface area contributed by atoms with Crippen LogP contribution < -0.4 is 9.64 Å². The summed E-state index contributed by atoms with van der Waals surface area (Å²) in [6.45, 7) is 1.29. The molecule has 0 spiro atoms. The number of thiazole rings is 1. The van der Waals surface area contributed by atoms with Crippen LogP contribution in [0.5, 0.6) is 5.75 Å². The van der Waals surface area contributed by atoms with Gasteiger partial charge < -0.3 is 19.8 Å². The van der Waals surface area contributed by atoms with Crippen molar-refractivity contribution in [2.24, 2.45) is 11.8 Å². The number of nitrogens with zero attached hydrogens (tertiary/aromatic N) is 2. The van der Waals surface area contributed by atoms with E-state index in [-0.39, 0.29) is 29.9 Å². The lowest BCUT2D eigenvalue weighted by atomic mass is 9.78. The van der Waals surface area contributed by atoms with E-state index in [2.05, 4.69) is 4.90 Å². The van der Waals surface area contributed by atoms with E-state index in [4.69, 9.17) is 19.6 Å². The number of benzene rings is 2. The number of ether oxygens (including phenoxy) is 1. The predicted octanol–water partition coefficient (Wildman–Crippen LogP) is 4.58. The van der Waals surface area contributed by atoms with Crippen LogP contribution in [0.25, 0.3) is 11.3 Å². The molecule has 6 nitrogen and oxygen atoms in total. The van der Waals surface area contributed by atoms with Gasteiger partial charge in [-0.15, -0.1) is 11.3 Å². The van der Waals surface area contributed by atoms with Crippen LogP contribution in [0.4, 0.5) is 18.3 Å². The number of rotatable bonds is 4. The number of aliphatic hydroxyl groups is 1. The Kier molecular flexibility index (Phi) is 7.38. The molecule has 2 aliphatic rings. The molecule has 34 heavy (non-hydrogen) atoms. The first-order chi connectivity index (χ1) is 16.4. The zero-order chi connectivity index (χ0) is 24.2. The number of hydrogen-bond acceptors (Lipinski definition) is 6. The first-order valence-corrected chi connectivity index (χ1v) is 11.6. The van der Waals surface area contributed by atoms with E-state index in [1.807, 2.05) is 5.38 Å². The number of carbonyl (C=O) groups is 1. The molecule has 10 heteroatoms. The molecule has 1 saturated heterocycles. The maximum atomic E-state index is 14.0. The van der Waals surface area contributed by atoms with Crippen molar-refractivity contribution in [1.82, 2.24) is 4.98 Å². The van der Waals surface area contributed by atoms with Crippen molar-refractivity contribution in [2.75, 3.05) is 18.0 Å². The topological polar surface area (TPSA) is 82.9 Å². The number of hydrogen-bond donors (Lipinski definition) is 2. The van der Waals surface area contributed by atoms with E-state index in [1.165, 1.54) is 23.5 Å². The van der Waals surface area contributed by atoms with Gasteiger partial charge in [0.1, 0.15) is 17.7 Å². The van der Waals surface area contributed by atoms with Gasteiger partial charge in [0, 0.05) is 30.1 Å². The van der Waals surface area contributed by atoms with E-state index >= 15 is 0 Å². The van der Waals surface area contributed by atoms with Gasteiger partial charge in [-0.2, -0.15) is 0 Å². The second-order valence-electron chi connectivity index (χ2n) is 8.32. The van der Waals surface area contributed by atoms with Gasteiger partial charge in [-0.25, -0.2) is 18.2 Å². The van der Waals surface area contributed by atoms with Crippen LogP contribution in [0.1, 0.15) is 12.8 Å². The molecule has 3 aromatic rings. The average Bonchev–Trinajstić information content (AvgIpc) is 3.45. The molecule has 5 rings (SSSR count). The summed E-state index contributed by atoms with van der Waals surface area (Å²) in [4.78, 5) is 15.3. The van der Waals surface area contributed by atoms with Gasteiger partial charge in [-0.1, -0.05) is 0 Å². The third-order valence-electron chi connectivity index (χ3n) is 6.16. The SMILES string of the molecule is O=CO.O[C@@H]1C[C@H]2CN(c3nc(-c4ccc(F)cc4)cs3)C[C@H]2C[C@H]1Oc1cc(F)ccc1F. The fourth-order valence-electron chi connectivity index (χ4n) is 4.57. The molecule has 4 atom stereocenters. The zero-order valence-electron chi connectivity index (χ0n) is 18.0. The van der Waals surface area contributed by atoms with E-state index in [0.717, 1.165) is 47.7 Å². The molecule has 0 bridgehead atoms. The molecule has 2 heterocycles. The molecule has 2 N–H and O–H groups in total. The Morgan fingerprint density at radius 2 is 1.68 bits per heavy atom. The Bertz CT molecular complexity index is 1130. The number of fused-ring (bicyclic) bond motifs is 1. The van der Waals surface area contributed by atoms with Crippen molar-refractivity contribution in [3.63, 3.8) is 0 Å². The average molecular weight is 493 g/mol. The monoisotopic (exact) mass is 492 g/mol. The molecule has 2 aromatic carbocycles. The molecular formula is C24H23F3N2O4S. The summed E-state index contributed by atoms with van der Waals surface area (Å²) in [6, 6.07) is 9.34. The molecule has 0 unspecified atom stereocenters. The highest BCUT2D eigenvalue weighted by Gasteiger charge is 2.43. The first-order valence-electron chi connectivity index (χ1n) is 10.7. The molecule has 1 aromatic heterocycles. The van der Waals surface area contributed by atoms with Gasteiger partial charge >= 0.3 is 0 Å². The number of carboxylic acid groups (broad SMARTS) is 1. The number of anilines is 1. The lowest BCUT2D eigenvalue weighted by molar-refractivity contribution is -0.122. The van der Waals surface area contributed by atoms with Crippen LogP contribution >= 0.6 is 11.3 Å². The minimum atomic E-state index is -0.741. The van der Waals surface area contributed by atoms with Crippen LogP contribution in [0.2, 0.25) is 0 Å². The second kappa shape index (κ2) is 10.4. The summed E-state index contributed by atoms with van der Waals surface area (Å²) >= 11 is 1.54. The summed E-state index contributed by atoms with van der Waals surface area (Å²) < 4.78 is 46.3. The second-order valence-corrected chi connectivity index (χ2v) is 9.16. The number of aliphatic hydroxyl groups excluding tert-OH is 1. The lowest BCUT2D eigenvalue weighted by Crippen LogP contribution is -2.42. The minimum absolute atomic E-state index is 0.166. The van der Waals surface area contributed by atoms with E-state index in [1.54, 1.807) is 12.1 Å². The smallest absolute Gasteiger partial charge is 0.290 e. The minimum Gasteiger partial charge on any atom is -0.485 e. The molecule has 2 fully saturated rings. The van der Waals surface area contributed by atoms with Crippen molar-refractivity contribution < 1.29 is 32.9 Å². The Morgan fingerprint density at radius 3 is 2.38 bits per heavy atom. The summed E-state index contributed by atoms with van der Waals surface area (Å²) in [5.74, 6) is -1.11. The van der Waals surface area contributed by atoms with Crippen LogP contribution in [0.3, 0.4) is 0 Å². The Hall–Kier alpha value is -3.11. The fourth-order valence-corrected chi connectivity index (χ4v) is 5.42. The number of halogens is 3. The van der Waals surface area contributed by atoms with Gasteiger partial charge in [0.05, 0.1) is 11.8 Å². The molecule has 0 amide bonds. The maximum absolute atomic E-state index is 14.0. The largest absolute Gasteiger partial charge is 0.485 e. The van der Waals surface area contributed by atoms with Crippen molar-refractivity contribution in [2.45, 2.75) is 25.0 Å². The van der Waals surface area contributed by atoms with Gasteiger partial charge in [0.2, 0.25) is 0 Å². The predicted molar refractivity (Wildman–Crippen MR) is 121 cm³/mol. The van der Waals surface area contributed by atoms with Gasteiger partial charge in [-0.05, 0) is 61.1 Å². The van der Waals surface area contributed by atoms with E-state index < -0.39 is 23.8 Å². The Morgan fingerprint density at radius 1 is 1.03 bits per heavy atom. The van der Waals surface area contributed by atoms with Crippen LogP contribution in [0.15, 0.2) is 47.8 Å². The summed E-state index contributed by atoms with van der Waals surface area (Å²) in [5, 5.41) is 20.3. The summed E-state index contributed by atoms with van der Waals surface area (Å²) in [7, 11) is 0. The highest BCUT2D eigenvalue weighted by molar-refractivity contribution is 7.14. The first kappa shape index (κ1) is 24.0. The molecule has 0 radical (unpaired) electrons. The third-order valence-corrected chi connectivity index (χ3v) is 7.06. The molecule has 1 aliphatic carbocycles. The van der Waals surface area contributed by atoms with Crippen molar-refractivity contribution in [3.05, 3.63) is 65.3 Å². The maximum Gasteiger partial charge on any atom is 0.290 e. The normalized spacial score (nSPS) is 23.6. The molecule has 1 aliphatic heterocycles. The Labute approximate surface area is 198 Å². The highest BCUT2D eigenvalue weighted by atomic mass is 32.1. The lowest BCUT2D eigenvalue weighted by Gasteiger charge is -2.35. The highest BCUT2D eigenvalue weighted by Crippen LogP contribution is 2.41. The standard InChI is InChI=1S/C23H21F3N2O2S.CH2O2/c24-16-3-1-13(2-4-16)19-12-31-23(27-19)28-10-14-7-20(29)22(8-15(14)11-28)30-21-9-17(25)5-6-18(21)26;2-1-3/h1-6,9,12,14-15,20,22,29H,7-8,10-11H2;1H,(H,2,3)/t14-,15+,20+,22+;/m0./s1. The van der Waals surface area contributed by atoms with E-state index in [0.29, 0.717) is 12.8 Å². The number of aromatic nitrogens is 1. The molecular weight excluding hydrogens is 469 g/mol. The van der Waals surface area contributed by atoms with Gasteiger partial charge in [0.15, 0.2) is 16.7 Å². The molecule has 180 valence electrons. The summed E-state index contributed by atoms with van der Waals surface area (Å²) in [6.07, 6.45) is -0.216. The van der Waals surface area contributed by atoms with Gasteiger partial charge in [0.25, 0.3) is 6.47 Å². The summed E-state index contributed by atoms with van der Waals surface area (Å²) in [5.41, 5.74) is 1.67.